The van der Waals surface area contributed by atoms with Crippen molar-refractivity contribution < 1.29 is 13.2 Å². The van der Waals surface area contributed by atoms with Crippen LogP contribution in [0, 0.1) is 0 Å². The van der Waals surface area contributed by atoms with Crippen molar-refractivity contribution >= 4 is 0 Å². The summed E-state index contributed by atoms with van der Waals surface area (Å²) in [4.78, 5) is 1.94. The van der Waals surface area contributed by atoms with Crippen LogP contribution in [0.2, 0.25) is 0 Å². The lowest BCUT2D eigenvalue weighted by molar-refractivity contribution is -0.138. The molecule has 0 fully saturated rings. The zero-order valence-corrected chi connectivity index (χ0v) is 10.7. The number of halogens is 3. The minimum absolute atomic E-state index is 0.175. The lowest BCUT2D eigenvalue weighted by Gasteiger charge is -2.30. The summed E-state index contributed by atoms with van der Waals surface area (Å²) in [6, 6.07) is 5.26. The van der Waals surface area contributed by atoms with Crippen molar-refractivity contribution in [1.29, 1.82) is 0 Å². The lowest BCUT2D eigenvalue weighted by Crippen LogP contribution is -2.34. The number of nitrogens with zero attached hydrogens (tertiary/aromatic N) is 1. The highest BCUT2D eigenvalue weighted by molar-refractivity contribution is 5.32. The molecule has 1 aromatic rings. The largest absolute Gasteiger partial charge is 0.416 e. The topological polar surface area (TPSA) is 29.3 Å². The van der Waals surface area contributed by atoms with E-state index < -0.39 is 17.8 Å². The third kappa shape index (κ3) is 3.23. The molecule has 1 atom stereocenters. The van der Waals surface area contributed by atoms with E-state index in [0.717, 1.165) is 6.07 Å². The summed E-state index contributed by atoms with van der Waals surface area (Å²) in [6.07, 6.45) is -4.34. The smallest absolute Gasteiger partial charge is 0.329 e. The van der Waals surface area contributed by atoms with Crippen LogP contribution in [0.5, 0.6) is 0 Å². The van der Waals surface area contributed by atoms with Crippen molar-refractivity contribution in [3.05, 3.63) is 35.4 Å². The minimum atomic E-state index is -4.34. The van der Waals surface area contributed by atoms with Crippen LogP contribution >= 0.6 is 0 Å². The Morgan fingerprint density at radius 1 is 1.17 bits per heavy atom. The molecule has 0 bridgehead atoms. The first kappa shape index (κ1) is 15.0. The van der Waals surface area contributed by atoms with Gasteiger partial charge in [-0.05, 0) is 24.7 Å². The maximum Gasteiger partial charge on any atom is 0.416 e. The average molecular weight is 260 g/mol. The molecule has 0 aliphatic heterocycles. The normalized spacial score (nSPS) is 13.9. The van der Waals surface area contributed by atoms with Gasteiger partial charge in [-0.25, -0.2) is 0 Å². The third-order valence-electron chi connectivity index (χ3n) is 3.10. The maximum atomic E-state index is 13.0. The highest BCUT2D eigenvalue weighted by Gasteiger charge is 2.35. The molecule has 1 rings (SSSR count). The molecule has 0 saturated heterocycles. The number of rotatable bonds is 5. The van der Waals surface area contributed by atoms with Gasteiger partial charge >= 0.3 is 6.18 Å². The van der Waals surface area contributed by atoms with Gasteiger partial charge < -0.3 is 5.73 Å². The van der Waals surface area contributed by atoms with E-state index in [0.29, 0.717) is 13.1 Å². The zero-order valence-electron chi connectivity index (χ0n) is 10.7. The van der Waals surface area contributed by atoms with Crippen molar-refractivity contribution in [2.75, 3.05) is 19.6 Å². The molecule has 2 nitrogen and oxygen atoms in total. The van der Waals surface area contributed by atoms with Crippen LogP contribution in [0.1, 0.15) is 31.0 Å². The third-order valence-corrected chi connectivity index (χ3v) is 3.10. The van der Waals surface area contributed by atoms with E-state index in [4.69, 9.17) is 5.73 Å². The highest BCUT2D eigenvalue weighted by atomic mass is 19.4. The Balaban J connectivity index is 3.21. The van der Waals surface area contributed by atoms with Crippen molar-refractivity contribution in [1.82, 2.24) is 4.90 Å². The molecule has 0 heterocycles. The maximum absolute atomic E-state index is 13.0. The number of likely N-dealkylation sites (N-methyl/N-ethyl adjacent to an activating group) is 1. The Morgan fingerprint density at radius 2 is 1.72 bits per heavy atom. The fourth-order valence-corrected chi connectivity index (χ4v) is 2.18. The Kier molecular flexibility index (Phi) is 5.16. The predicted octanol–water partition coefficient (Wildman–Crippen LogP) is 3.05. The van der Waals surface area contributed by atoms with Gasteiger partial charge in [-0.2, -0.15) is 13.2 Å². The molecule has 0 amide bonds. The molecule has 0 aliphatic rings. The van der Waals surface area contributed by atoms with E-state index in [2.05, 4.69) is 0 Å². The monoisotopic (exact) mass is 260 g/mol. The van der Waals surface area contributed by atoms with Crippen LogP contribution in [-0.4, -0.2) is 24.5 Å². The summed E-state index contributed by atoms with van der Waals surface area (Å²) in [5.74, 6) is 0. The lowest BCUT2D eigenvalue weighted by atomic mass is 9.98. The summed E-state index contributed by atoms with van der Waals surface area (Å²) >= 11 is 0. The molecule has 0 spiro atoms. The van der Waals surface area contributed by atoms with Crippen LogP contribution in [0.3, 0.4) is 0 Å². The van der Waals surface area contributed by atoms with Gasteiger partial charge in [0.05, 0.1) is 5.56 Å². The van der Waals surface area contributed by atoms with Gasteiger partial charge in [-0.15, -0.1) is 0 Å². The van der Waals surface area contributed by atoms with Crippen molar-refractivity contribution in [2.24, 2.45) is 5.73 Å². The molecule has 0 aliphatic carbocycles. The summed E-state index contributed by atoms with van der Waals surface area (Å²) in [7, 11) is 0. The van der Waals surface area contributed by atoms with E-state index in [1.165, 1.54) is 12.1 Å². The van der Waals surface area contributed by atoms with Crippen LogP contribution in [-0.2, 0) is 6.18 Å². The number of benzene rings is 1. The van der Waals surface area contributed by atoms with Crippen molar-refractivity contribution in [2.45, 2.75) is 26.1 Å². The Hall–Kier alpha value is -1.07. The molecule has 0 aromatic heterocycles. The summed E-state index contributed by atoms with van der Waals surface area (Å²) in [6.45, 7) is 5.36. The number of hydrogen-bond acceptors (Lipinski definition) is 2. The molecular formula is C13H19F3N2. The fraction of sp³-hybridized carbons (Fsp3) is 0.538. The quantitative estimate of drug-likeness (QED) is 0.881. The molecule has 2 N–H and O–H groups in total. The second-order valence-corrected chi connectivity index (χ2v) is 4.06. The van der Waals surface area contributed by atoms with Gasteiger partial charge in [-0.3, -0.25) is 4.90 Å². The molecule has 0 radical (unpaired) electrons. The molecule has 18 heavy (non-hydrogen) atoms. The van der Waals surface area contributed by atoms with Gasteiger partial charge in [0.2, 0.25) is 0 Å². The fourth-order valence-electron chi connectivity index (χ4n) is 2.18. The van der Waals surface area contributed by atoms with Crippen LogP contribution in [0.25, 0.3) is 0 Å². The number of alkyl halides is 3. The highest BCUT2D eigenvalue weighted by Crippen LogP contribution is 2.35. The number of hydrogen-bond donors (Lipinski definition) is 1. The van der Waals surface area contributed by atoms with E-state index >= 15 is 0 Å². The first-order chi connectivity index (χ1) is 8.45. The molecule has 0 unspecified atom stereocenters. The first-order valence-corrected chi connectivity index (χ1v) is 6.05. The van der Waals surface area contributed by atoms with E-state index in [1.54, 1.807) is 6.07 Å². The molecule has 102 valence electrons. The average Bonchev–Trinajstić information content (AvgIpc) is 2.34. The molecule has 1 aromatic carbocycles. The Morgan fingerprint density at radius 3 is 2.17 bits per heavy atom. The summed E-state index contributed by atoms with van der Waals surface area (Å²) in [5, 5.41) is 0. The van der Waals surface area contributed by atoms with Gasteiger partial charge in [-0.1, -0.05) is 32.0 Å². The minimum Gasteiger partial charge on any atom is -0.329 e. The van der Waals surface area contributed by atoms with Crippen LogP contribution < -0.4 is 5.73 Å². The summed E-state index contributed by atoms with van der Waals surface area (Å²) in [5.41, 5.74) is 5.33. The molecule has 5 heteroatoms. The number of nitrogens with two attached hydrogens (primary N) is 1. The van der Waals surface area contributed by atoms with Crippen molar-refractivity contribution in [3.8, 4) is 0 Å². The molecule has 0 saturated carbocycles. The van der Waals surface area contributed by atoms with Gasteiger partial charge in [0.15, 0.2) is 0 Å². The van der Waals surface area contributed by atoms with Gasteiger partial charge in [0.1, 0.15) is 0 Å². The molecular weight excluding hydrogens is 241 g/mol. The first-order valence-electron chi connectivity index (χ1n) is 6.05. The van der Waals surface area contributed by atoms with Crippen LogP contribution in [0.15, 0.2) is 24.3 Å². The van der Waals surface area contributed by atoms with E-state index in [1.807, 2.05) is 18.7 Å². The zero-order chi connectivity index (χ0) is 13.8. The standard InChI is InChI=1S/C13H19F3N2/c1-3-18(4-2)12(9-17)10-7-5-6-8-11(10)13(14,15)16/h5-8,12H,3-4,9,17H2,1-2H3/t12-/m0/s1. The second-order valence-electron chi connectivity index (χ2n) is 4.06. The van der Waals surface area contributed by atoms with Crippen molar-refractivity contribution in [3.63, 3.8) is 0 Å². The van der Waals surface area contributed by atoms with E-state index in [-0.39, 0.29) is 12.1 Å². The van der Waals surface area contributed by atoms with E-state index in [9.17, 15) is 13.2 Å². The summed E-state index contributed by atoms with van der Waals surface area (Å²) < 4.78 is 38.9. The second kappa shape index (κ2) is 6.20. The SMILES string of the molecule is CCN(CC)[C@@H](CN)c1ccccc1C(F)(F)F. The Bertz CT molecular complexity index is 373. The predicted molar refractivity (Wildman–Crippen MR) is 66.2 cm³/mol. The van der Waals surface area contributed by atoms with Gasteiger partial charge in [0.25, 0.3) is 0 Å². The van der Waals surface area contributed by atoms with Gasteiger partial charge in [0, 0.05) is 12.6 Å². The van der Waals surface area contributed by atoms with Crippen LogP contribution in [0.4, 0.5) is 13.2 Å². The Labute approximate surface area is 106 Å².